The Bertz CT molecular complexity index is 1250. The van der Waals surface area contributed by atoms with E-state index in [9.17, 15) is 14.7 Å². The molecule has 1 heterocycles. The van der Waals surface area contributed by atoms with Crippen molar-refractivity contribution in [2.45, 2.75) is 6.61 Å². The van der Waals surface area contributed by atoms with E-state index in [0.717, 1.165) is 16.7 Å². The van der Waals surface area contributed by atoms with Crippen molar-refractivity contribution in [2.75, 3.05) is 5.32 Å². The van der Waals surface area contributed by atoms with Crippen molar-refractivity contribution >= 4 is 11.9 Å². The van der Waals surface area contributed by atoms with E-state index in [1.54, 1.807) is 4.57 Å². The van der Waals surface area contributed by atoms with Crippen molar-refractivity contribution in [3.63, 3.8) is 0 Å². The molecule has 0 unspecified atom stereocenters. The first-order chi connectivity index (χ1) is 15.1. The maximum absolute atomic E-state index is 12.5. The van der Waals surface area contributed by atoms with Crippen LogP contribution in [-0.4, -0.2) is 15.8 Å². The maximum Gasteiger partial charge on any atom is 0.410 e. The van der Waals surface area contributed by atoms with Gasteiger partial charge in [-0.15, -0.1) is 0 Å². The zero-order valence-electron chi connectivity index (χ0n) is 16.6. The number of ether oxygens (including phenoxy) is 1. The standard InChI is InChI=1S/C25H20N2O4/c28-22-15-24(26-25(29)30)27(16-23(22)31-17-18-8-3-1-4-9-18)21-13-7-12-20(14-21)19-10-5-2-6-11-19/h1-16,26H,17H2,(H,29,30). The molecule has 3 aromatic carbocycles. The summed E-state index contributed by atoms with van der Waals surface area (Å²) in [5.41, 5.74) is 3.19. The molecule has 0 saturated carbocycles. The van der Waals surface area contributed by atoms with Gasteiger partial charge in [0.25, 0.3) is 0 Å². The minimum Gasteiger partial charge on any atom is -0.483 e. The Hall–Kier alpha value is -4.32. The van der Waals surface area contributed by atoms with E-state index in [4.69, 9.17) is 4.74 Å². The van der Waals surface area contributed by atoms with Crippen molar-refractivity contribution in [2.24, 2.45) is 0 Å². The molecular formula is C25H20N2O4. The van der Waals surface area contributed by atoms with Gasteiger partial charge in [-0.1, -0.05) is 72.8 Å². The molecule has 31 heavy (non-hydrogen) atoms. The van der Waals surface area contributed by atoms with E-state index < -0.39 is 11.5 Å². The van der Waals surface area contributed by atoms with Crippen molar-refractivity contribution in [1.82, 2.24) is 4.57 Å². The van der Waals surface area contributed by atoms with Crippen LogP contribution in [-0.2, 0) is 6.61 Å². The minimum atomic E-state index is -1.26. The third-order valence-corrected chi connectivity index (χ3v) is 4.72. The lowest BCUT2D eigenvalue weighted by Gasteiger charge is -2.16. The molecule has 0 aliphatic carbocycles. The molecule has 4 rings (SSSR count). The van der Waals surface area contributed by atoms with Gasteiger partial charge < -0.3 is 9.84 Å². The van der Waals surface area contributed by atoms with Crippen LogP contribution in [0.4, 0.5) is 10.6 Å². The maximum atomic E-state index is 12.5. The molecule has 2 N–H and O–H groups in total. The minimum absolute atomic E-state index is 0.130. The van der Waals surface area contributed by atoms with E-state index in [0.29, 0.717) is 5.69 Å². The molecule has 6 nitrogen and oxygen atoms in total. The lowest BCUT2D eigenvalue weighted by Crippen LogP contribution is -2.18. The number of aromatic nitrogens is 1. The average Bonchev–Trinajstić information content (AvgIpc) is 2.79. The van der Waals surface area contributed by atoms with Crippen LogP contribution in [0.2, 0.25) is 0 Å². The summed E-state index contributed by atoms with van der Waals surface area (Å²) in [5.74, 6) is 0.264. The SMILES string of the molecule is O=C(O)Nc1cc(=O)c(OCc2ccccc2)cn1-c1cccc(-c2ccccc2)c1. The van der Waals surface area contributed by atoms with Crippen LogP contribution in [0.25, 0.3) is 16.8 Å². The van der Waals surface area contributed by atoms with Crippen molar-refractivity contribution in [1.29, 1.82) is 0 Å². The Morgan fingerprint density at radius 3 is 2.26 bits per heavy atom. The van der Waals surface area contributed by atoms with Crippen molar-refractivity contribution in [3.8, 4) is 22.6 Å². The second-order valence-corrected chi connectivity index (χ2v) is 6.88. The number of anilines is 1. The molecule has 0 bridgehead atoms. The number of hydrogen-bond donors (Lipinski definition) is 2. The number of carboxylic acid groups (broad SMARTS) is 1. The summed E-state index contributed by atoms with van der Waals surface area (Å²) in [6, 6.07) is 28.2. The Morgan fingerprint density at radius 2 is 1.55 bits per heavy atom. The highest BCUT2D eigenvalue weighted by Gasteiger charge is 2.12. The summed E-state index contributed by atoms with van der Waals surface area (Å²) < 4.78 is 7.35. The highest BCUT2D eigenvalue weighted by Crippen LogP contribution is 2.25. The molecule has 1 aromatic heterocycles. The Kier molecular flexibility index (Phi) is 5.80. The summed E-state index contributed by atoms with van der Waals surface area (Å²) in [4.78, 5) is 23.8. The largest absolute Gasteiger partial charge is 0.483 e. The summed E-state index contributed by atoms with van der Waals surface area (Å²) in [6.07, 6.45) is 0.256. The van der Waals surface area contributed by atoms with Gasteiger partial charge in [0.15, 0.2) is 5.75 Å². The molecular weight excluding hydrogens is 392 g/mol. The molecule has 1 amide bonds. The smallest absolute Gasteiger partial charge is 0.410 e. The first-order valence-electron chi connectivity index (χ1n) is 9.69. The predicted molar refractivity (Wildman–Crippen MR) is 120 cm³/mol. The van der Waals surface area contributed by atoms with Gasteiger partial charge in [-0.3, -0.25) is 14.7 Å². The van der Waals surface area contributed by atoms with Gasteiger partial charge in [-0.05, 0) is 28.8 Å². The molecule has 0 saturated heterocycles. The zero-order valence-corrected chi connectivity index (χ0v) is 16.6. The molecule has 0 atom stereocenters. The van der Waals surface area contributed by atoms with Gasteiger partial charge in [0.05, 0.1) is 6.20 Å². The lowest BCUT2D eigenvalue weighted by molar-refractivity contribution is 0.209. The first-order valence-corrected chi connectivity index (χ1v) is 9.69. The number of pyridine rings is 1. The van der Waals surface area contributed by atoms with Crippen LogP contribution in [0.5, 0.6) is 5.75 Å². The first kappa shape index (κ1) is 20.0. The third kappa shape index (κ3) is 4.82. The molecule has 0 radical (unpaired) electrons. The van der Waals surface area contributed by atoms with E-state index in [2.05, 4.69) is 5.32 Å². The number of nitrogens with one attached hydrogen (secondary N) is 1. The van der Waals surface area contributed by atoms with Crippen LogP contribution in [0, 0.1) is 0 Å². The number of nitrogens with zero attached hydrogens (tertiary/aromatic N) is 1. The number of rotatable bonds is 6. The van der Waals surface area contributed by atoms with E-state index in [-0.39, 0.29) is 18.2 Å². The zero-order chi connectivity index (χ0) is 21.6. The third-order valence-electron chi connectivity index (χ3n) is 4.72. The molecule has 154 valence electrons. The van der Waals surface area contributed by atoms with Crippen LogP contribution in [0.15, 0.2) is 102 Å². The number of hydrogen-bond acceptors (Lipinski definition) is 3. The number of carbonyl (C=O) groups is 1. The summed E-state index contributed by atoms with van der Waals surface area (Å²) >= 11 is 0. The van der Waals surface area contributed by atoms with Gasteiger partial charge in [0.1, 0.15) is 12.4 Å². The Labute approximate surface area is 179 Å². The second kappa shape index (κ2) is 9.00. The van der Waals surface area contributed by atoms with Gasteiger partial charge in [0, 0.05) is 11.8 Å². The topological polar surface area (TPSA) is 80.6 Å². The number of benzene rings is 3. The molecule has 0 spiro atoms. The Morgan fingerprint density at radius 1 is 0.871 bits per heavy atom. The molecule has 4 aromatic rings. The fraction of sp³-hybridized carbons (Fsp3) is 0.0400. The Balaban J connectivity index is 1.74. The van der Waals surface area contributed by atoms with Crippen LogP contribution >= 0.6 is 0 Å². The predicted octanol–water partition coefficient (Wildman–Crippen LogP) is 5.17. The highest BCUT2D eigenvalue weighted by molar-refractivity contribution is 5.82. The summed E-state index contributed by atoms with van der Waals surface area (Å²) in [5, 5.41) is 11.5. The van der Waals surface area contributed by atoms with Crippen molar-refractivity contribution < 1.29 is 14.6 Å². The fourth-order valence-electron chi connectivity index (χ4n) is 3.24. The second-order valence-electron chi connectivity index (χ2n) is 6.88. The van der Waals surface area contributed by atoms with Gasteiger partial charge >= 0.3 is 6.09 Å². The van der Waals surface area contributed by atoms with E-state index >= 15 is 0 Å². The fourth-order valence-corrected chi connectivity index (χ4v) is 3.24. The highest BCUT2D eigenvalue weighted by atomic mass is 16.5. The summed E-state index contributed by atoms with van der Waals surface area (Å²) in [7, 11) is 0. The van der Waals surface area contributed by atoms with Crippen LogP contribution < -0.4 is 15.5 Å². The average molecular weight is 412 g/mol. The normalized spacial score (nSPS) is 10.5. The van der Waals surface area contributed by atoms with Crippen LogP contribution in [0.1, 0.15) is 5.56 Å². The van der Waals surface area contributed by atoms with E-state index in [1.165, 1.54) is 12.3 Å². The number of amides is 1. The van der Waals surface area contributed by atoms with Crippen molar-refractivity contribution in [3.05, 3.63) is 113 Å². The lowest BCUT2D eigenvalue weighted by atomic mass is 10.1. The van der Waals surface area contributed by atoms with E-state index in [1.807, 2.05) is 84.9 Å². The quantitative estimate of drug-likeness (QED) is 0.458. The van der Waals surface area contributed by atoms with Crippen LogP contribution in [0.3, 0.4) is 0 Å². The summed E-state index contributed by atoms with van der Waals surface area (Å²) in [6.45, 7) is 0.228. The molecule has 0 fully saturated rings. The van der Waals surface area contributed by atoms with Gasteiger partial charge in [0.2, 0.25) is 5.43 Å². The van der Waals surface area contributed by atoms with Gasteiger partial charge in [-0.25, -0.2) is 4.79 Å². The monoisotopic (exact) mass is 412 g/mol. The molecule has 0 aliphatic rings. The van der Waals surface area contributed by atoms with Gasteiger partial charge in [-0.2, -0.15) is 0 Å². The molecule has 6 heteroatoms. The molecule has 0 aliphatic heterocycles.